The molecule has 1 heterocycles. The van der Waals surface area contributed by atoms with Gasteiger partial charge in [0.1, 0.15) is 18.0 Å². The number of aromatic nitrogens is 1. The van der Waals surface area contributed by atoms with E-state index in [1.165, 1.54) is 24.5 Å². The van der Waals surface area contributed by atoms with Crippen LogP contribution in [-0.2, 0) is 6.61 Å². The Balaban J connectivity index is 2.19. The number of rotatable bonds is 4. The van der Waals surface area contributed by atoms with Gasteiger partial charge in [0.05, 0.1) is 10.7 Å². The Kier molecular flexibility index (Phi) is 4.11. The SMILES string of the molecule is O=C(O)c1ccncc1OCc1cccc(F)c1Br. The predicted octanol–water partition coefficient (Wildman–Crippen LogP) is 3.26. The average Bonchev–Trinajstić information content (AvgIpc) is 2.40. The molecule has 4 nitrogen and oxygen atoms in total. The molecule has 0 amide bonds. The fourth-order valence-electron chi connectivity index (χ4n) is 1.49. The zero-order valence-corrected chi connectivity index (χ0v) is 11.2. The first-order valence-electron chi connectivity index (χ1n) is 5.32. The van der Waals surface area contributed by atoms with Crippen LogP contribution in [0.25, 0.3) is 0 Å². The summed E-state index contributed by atoms with van der Waals surface area (Å²) in [5, 5.41) is 8.98. The number of carbonyl (C=O) groups is 1. The van der Waals surface area contributed by atoms with Crippen molar-refractivity contribution < 1.29 is 19.0 Å². The molecule has 98 valence electrons. The summed E-state index contributed by atoms with van der Waals surface area (Å²) in [6, 6.07) is 5.91. The molecule has 2 aromatic rings. The van der Waals surface area contributed by atoms with Gasteiger partial charge in [-0.15, -0.1) is 0 Å². The lowest BCUT2D eigenvalue weighted by molar-refractivity contribution is 0.0691. The van der Waals surface area contributed by atoms with Crippen molar-refractivity contribution in [1.29, 1.82) is 0 Å². The maximum Gasteiger partial charge on any atom is 0.339 e. The molecule has 0 aliphatic heterocycles. The van der Waals surface area contributed by atoms with Gasteiger partial charge in [0.15, 0.2) is 5.75 Å². The average molecular weight is 326 g/mol. The number of benzene rings is 1. The van der Waals surface area contributed by atoms with Crippen LogP contribution in [0.15, 0.2) is 41.1 Å². The van der Waals surface area contributed by atoms with Crippen molar-refractivity contribution in [3.8, 4) is 5.75 Å². The highest BCUT2D eigenvalue weighted by Gasteiger charge is 2.12. The van der Waals surface area contributed by atoms with Crippen molar-refractivity contribution in [3.63, 3.8) is 0 Å². The number of ether oxygens (including phenoxy) is 1. The van der Waals surface area contributed by atoms with Gasteiger partial charge >= 0.3 is 5.97 Å². The van der Waals surface area contributed by atoms with Crippen molar-refractivity contribution in [3.05, 3.63) is 58.1 Å². The normalized spacial score (nSPS) is 10.2. The van der Waals surface area contributed by atoms with Crippen LogP contribution in [0.3, 0.4) is 0 Å². The molecule has 0 aliphatic carbocycles. The van der Waals surface area contributed by atoms with Crippen LogP contribution in [0.2, 0.25) is 0 Å². The van der Waals surface area contributed by atoms with E-state index in [4.69, 9.17) is 9.84 Å². The molecule has 1 N–H and O–H groups in total. The van der Waals surface area contributed by atoms with E-state index in [0.717, 1.165) is 0 Å². The first-order chi connectivity index (χ1) is 9.09. The highest BCUT2D eigenvalue weighted by atomic mass is 79.9. The molecule has 0 saturated carbocycles. The molecule has 2 rings (SSSR count). The van der Waals surface area contributed by atoms with Crippen molar-refractivity contribution in [2.45, 2.75) is 6.61 Å². The summed E-state index contributed by atoms with van der Waals surface area (Å²) < 4.78 is 19.0. The topological polar surface area (TPSA) is 59.4 Å². The maximum absolute atomic E-state index is 13.3. The van der Waals surface area contributed by atoms with E-state index in [1.54, 1.807) is 12.1 Å². The van der Waals surface area contributed by atoms with Crippen LogP contribution in [0, 0.1) is 5.82 Å². The number of nitrogens with zero attached hydrogens (tertiary/aromatic N) is 1. The minimum atomic E-state index is -1.10. The van der Waals surface area contributed by atoms with E-state index < -0.39 is 11.8 Å². The van der Waals surface area contributed by atoms with Crippen LogP contribution >= 0.6 is 15.9 Å². The second-order valence-electron chi connectivity index (χ2n) is 3.68. The zero-order valence-electron chi connectivity index (χ0n) is 9.64. The fourth-order valence-corrected chi connectivity index (χ4v) is 1.87. The summed E-state index contributed by atoms with van der Waals surface area (Å²) in [4.78, 5) is 14.8. The Morgan fingerprint density at radius 2 is 2.21 bits per heavy atom. The lowest BCUT2D eigenvalue weighted by Crippen LogP contribution is -2.04. The summed E-state index contributed by atoms with van der Waals surface area (Å²) in [5.41, 5.74) is 0.600. The molecule has 0 aliphatic rings. The van der Waals surface area contributed by atoms with Crippen molar-refractivity contribution in [2.24, 2.45) is 0 Å². The van der Waals surface area contributed by atoms with E-state index in [2.05, 4.69) is 20.9 Å². The maximum atomic E-state index is 13.3. The van der Waals surface area contributed by atoms with Gasteiger partial charge in [0.2, 0.25) is 0 Å². The third-order valence-electron chi connectivity index (χ3n) is 2.43. The minimum Gasteiger partial charge on any atom is -0.486 e. The van der Waals surface area contributed by atoms with E-state index in [-0.39, 0.29) is 17.9 Å². The third kappa shape index (κ3) is 3.08. The molecule has 19 heavy (non-hydrogen) atoms. The number of hydrogen-bond donors (Lipinski definition) is 1. The highest BCUT2D eigenvalue weighted by molar-refractivity contribution is 9.10. The Bertz CT molecular complexity index is 619. The molecule has 1 aromatic carbocycles. The van der Waals surface area contributed by atoms with Gasteiger partial charge < -0.3 is 9.84 Å². The Morgan fingerprint density at radius 3 is 2.95 bits per heavy atom. The van der Waals surface area contributed by atoms with Crippen LogP contribution in [0.5, 0.6) is 5.75 Å². The van der Waals surface area contributed by atoms with Crippen molar-refractivity contribution in [1.82, 2.24) is 4.98 Å². The van der Waals surface area contributed by atoms with Gasteiger partial charge in [0, 0.05) is 11.8 Å². The van der Waals surface area contributed by atoms with Gasteiger partial charge in [-0.2, -0.15) is 0 Å². The summed E-state index contributed by atoms with van der Waals surface area (Å²) in [6.07, 6.45) is 2.69. The van der Waals surface area contributed by atoms with E-state index in [1.807, 2.05) is 0 Å². The Hall–Kier alpha value is -1.95. The molecule has 0 spiro atoms. The number of pyridine rings is 1. The molecular formula is C13H9BrFNO3. The van der Waals surface area contributed by atoms with E-state index in [9.17, 15) is 9.18 Å². The number of carboxylic acids is 1. The lowest BCUT2D eigenvalue weighted by Gasteiger charge is -2.09. The molecule has 0 fully saturated rings. The van der Waals surface area contributed by atoms with Gasteiger partial charge in [-0.1, -0.05) is 12.1 Å². The molecule has 0 unspecified atom stereocenters. The van der Waals surface area contributed by atoms with Gasteiger partial charge in [-0.05, 0) is 28.1 Å². The van der Waals surface area contributed by atoms with Crippen molar-refractivity contribution in [2.75, 3.05) is 0 Å². The molecule has 6 heteroatoms. The highest BCUT2D eigenvalue weighted by Crippen LogP contribution is 2.23. The number of carboxylic acid groups (broad SMARTS) is 1. The van der Waals surface area contributed by atoms with Crippen LogP contribution < -0.4 is 4.74 Å². The molecule has 0 bridgehead atoms. The largest absolute Gasteiger partial charge is 0.486 e. The van der Waals surface area contributed by atoms with Crippen LogP contribution in [-0.4, -0.2) is 16.1 Å². The molecule has 0 saturated heterocycles. The smallest absolute Gasteiger partial charge is 0.339 e. The van der Waals surface area contributed by atoms with E-state index >= 15 is 0 Å². The first-order valence-corrected chi connectivity index (χ1v) is 6.12. The predicted molar refractivity (Wildman–Crippen MR) is 69.6 cm³/mol. The third-order valence-corrected chi connectivity index (χ3v) is 3.32. The number of aromatic carboxylic acids is 1. The minimum absolute atomic E-state index is 0.0162. The fraction of sp³-hybridized carbons (Fsp3) is 0.0769. The quantitative estimate of drug-likeness (QED) is 0.937. The molecule has 0 radical (unpaired) electrons. The summed E-state index contributed by atoms with van der Waals surface area (Å²) in [5.74, 6) is -1.35. The molecular weight excluding hydrogens is 317 g/mol. The summed E-state index contributed by atoms with van der Waals surface area (Å²) in [6.45, 7) is 0.0459. The van der Waals surface area contributed by atoms with Gasteiger partial charge in [-0.25, -0.2) is 9.18 Å². The molecule has 0 atom stereocenters. The second-order valence-corrected chi connectivity index (χ2v) is 4.47. The zero-order chi connectivity index (χ0) is 13.8. The molecule has 1 aromatic heterocycles. The van der Waals surface area contributed by atoms with Crippen LogP contribution in [0.4, 0.5) is 4.39 Å². The monoisotopic (exact) mass is 325 g/mol. The Morgan fingerprint density at radius 1 is 1.42 bits per heavy atom. The number of hydrogen-bond acceptors (Lipinski definition) is 3. The van der Waals surface area contributed by atoms with Crippen LogP contribution in [0.1, 0.15) is 15.9 Å². The van der Waals surface area contributed by atoms with Gasteiger partial charge in [0.25, 0.3) is 0 Å². The standard InChI is InChI=1S/C13H9BrFNO3/c14-12-8(2-1-3-10(12)15)7-19-11-6-16-5-4-9(11)13(17)18/h1-6H,7H2,(H,17,18). The Labute approximate surface area is 117 Å². The number of halogens is 2. The first kappa shape index (κ1) is 13.5. The van der Waals surface area contributed by atoms with Gasteiger partial charge in [-0.3, -0.25) is 4.98 Å². The lowest BCUT2D eigenvalue weighted by atomic mass is 10.2. The van der Waals surface area contributed by atoms with E-state index in [0.29, 0.717) is 10.0 Å². The summed E-state index contributed by atoms with van der Waals surface area (Å²) in [7, 11) is 0. The van der Waals surface area contributed by atoms with Crippen molar-refractivity contribution >= 4 is 21.9 Å². The summed E-state index contributed by atoms with van der Waals surface area (Å²) >= 11 is 3.11. The second kappa shape index (κ2) is 5.79.